The van der Waals surface area contributed by atoms with E-state index >= 15 is 0 Å². The van der Waals surface area contributed by atoms with Crippen LogP contribution in [0.3, 0.4) is 0 Å². The Morgan fingerprint density at radius 2 is 1.90 bits per heavy atom. The summed E-state index contributed by atoms with van der Waals surface area (Å²) in [5.41, 5.74) is 2.02. The van der Waals surface area contributed by atoms with E-state index in [9.17, 15) is 14.4 Å². The van der Waals surface area contributed by atoms with Crippen LogP contribution in [0.1, 0.15) is 25.2 Å². The number of rotatable bonds is 7. The third kappa shape index (κ3) is 4.39. The van der Waals surface area contributed by atoms with Gasteiger partial charge in [0.25, 0.3) is 0 Å². The van der Waals surface area contributed by atoms with Crippen molar-refractivity contribution >= 4 is 29.6 Å². The first kappa shape index (κ1) is 21.2. The smallest absolute Gasteiger partial charge is 0.328 e. The van der Waals surface area contributed by atoms with Crippen molar-refractivity contribution in [2.75, 3.05) is 13.1 Å². The van der Waals surface area contributed by atoms with Crippen molar-refractivity contribution in [1.82, 2.24) is 15.1 Å². The molecular formula is C23H25N3O4S. The molecule has 1 N–H and O–H groups in total. The van der Waals surface area contributed by atoms with Gasteiger partial charge >= 0.3 is 6.03 Å². The number of nitrogens with one attached hydrogen (secondary N) is 1. The summed E-state index contributed by atoms with van der Waals surface area (Å²) >= 11 is 1.49. The van der Waals surface area contributed by atoms with Crippen LogP contribution in [0, 0.1) is 5.92 Å². The number of fused-ring (bicyclic) bond motifs is 1. The van der Waals surface area contributed by atoms with Crippen molar-refractivity contribution in [3.8, 4) is 0 Å². The van der Waals surface area contributed by atoms with E-state index in [0.717, 1.165) is 16.0 Å². The zero-order chi connectivity index (χ0) is 22.0. The van der Waals surface area contributed by atoms with Gasteiger partial charge in [0.15, 0.2) is 0 Å². The lowest BCUT2D eigenvalue weighted by atomic mass is 9.95. The fourth-order valence-electron chi connectivity index (χ4n) is 3.91. The molecule has 1 aromatic carbocycles. The minimum Gasteiger partial charge on any atom is -0.467 e. The first-order valence-electron chi connectivity index (χ1n) is 10.2. The molecule has 2 atom stereocenters. The number of amides is 4. The van der Waals surface area contributed by atoms with E-state index in [0.29, 0.717) is 12.2 Å². The van der Waals surface area contributed by atoms with Crippen LogP contribution in [-0.2, 0) is 22.6 Å². The van der Waals surface area contributed by atoms with Gasteiger partial charge in [0.05, 0.1) is 24.1 Å². The molecule has 1 fully saturated rings. The van der Waals surface area contributed by atoms with E-state index in [4.69, 9.17) is 4.42 Å². The second-order valence-electron chi connectivity index (χ2n) is 7.72. The van der Waals surface area contributed by atoms with Crippen LogP contribution in [0.2, 0.25) is 0 Å². The summed E-state index contributed by atoms with van der Waals surface area (Å²) in [5, 5.41) is 2.40. The molecule has 1 saturated heterocycles. The molecule has 4 rings (SSSR count). The van der Waals surface area contributed by atoms with Gasteiger partial charge in [-0.3, -0.25) is 14.5 Å². The summed E-state index contributed by atoms with van der Waals surface area (Å²) in [6, 6.07) is 12.9. The molecule has 3 heterocycles. The summed E-state index contributed by atoms with van der Waals surface area (Å²) in [4.78, 5) is 43.0. The SMILES string of the molecule is CC1=C(C)C2C(=O)N(CCc3ccccc3)C(=O)N(CC(=O)NCc3ccco3)C2S1. The number of hydrogen-bond acceptors (Lipinski definition) is 5. The van der Waals surface area contributed by atoms with Crippen molar-refractivity contribution in [2.45, 2.75) is 32.2 Å². The number of nitrogens with zero attached hydrogens (tertiary/aromatic N) is 2. The largest absolute Gasteiger partial charge is 0.467 e. The van der Waals surface area contributed by atoms with Crippen molar-refractivity contribution < 1.29 is 18.8 Å². The fourth-order valence-corrected chi connectivity index (χ4v) is 5.33. The van der Waals surface area contributed by atoms with Crippen molar-refractivity contribution in [2.24, 2.45) is 5.92 Å². The van der Waals surface area contributed by atoms with Crippen LogP contribution in [0.5, 0.6) is 0 Å². The quantitative estimate of drug-likeness (QED) is 0.715. The Hall–Kier alpha value is -3.00. The number of carbonyl (C=O) groups excluding carboxylic acids is 3. The Kier molecular flexibility index (Phi) is 6.18. The highest BCUT2D eigenvalue weighted by molar-refractivity contribution is 8.03. The number of carbonyl (C=O) groups is 3. The van der Waals surface area contributed by atoms with Crippen LogP contribution < -0.4 is 5.32 Å². The van der Waals surface area contributed by atoms with E-state index in [1.54, 1.807) is 18.4 Å². The molecule has 2 aliphatic rings. The summed E-state index contributed by atoms with van der Waals surface area (Å²) in [5.74, 6) is -0.250. The highest BCUT2D eigenvalue weighted by Gasteiger charge is 2.50. The Bertz CT molecular complexity index is 1000. The molecule has 2 aliphatic heterocycles. The second kappa shape index (κ2) is 9.01. The Balaban J connectivity index is 1.49. The lowest BCUT2D eigenvalue weighted by Gasteiger charge is -2.41. The van der Waals surface area contributed by atoms with E-state index in [-0.39, 0.29) is 36.8 Å². The first-order chi connectivity index (χ1) is 15.0. The maximum Gasteiger partial charge on any atom is 0.328 e. The molecule has 0 saturated carbocycles. The molecular weight excluding hydrogens is 414 g/mol. The third-order valence-electron chi connectivity index (χ3n) is 5.74. The third-order valence-corrected chi connectivity index (χ3v) is 7.18. The minimum atomic E-state index is -0.420. The number of imide groups is 1. The summed E-state index contributed by atoms with van der Waals surface area (Å²) in [6.45, 7) is 4.32. The summed E-state index contributed by atoms with van der Waals surface area (Å²) < 4.78 is 5.24. The Labute approximate surface area is 185 Å². The highest BCUT2D eigenvalue weighted by atomic mass is 32.2. The van der Waals surface area contributed by atoms with Gasteiger partial charge in [0.2, 0.25) is 11.8 Å². The molecule has 2 unspecified atom stereocenters. The van der Waals surface area contributed by atoms with Gasteiger partial charge in [-0.05, 0) is 48.4 Å². The average Bonchev–Trinajstić information content (AvgIpc) is 3.39. The topological polar surface area (TPSA) is 82.9 Å². The molecule has 0 spiro atoms. The number of benzene rings is 1. The standard InChI is InChI=1S/C23H25N3O4S/c1-15-16(2)31-22-20(15)21(28)25(11-10-17-7-4-3-5-8-17)23(29)26(22)14-19(27)24-13-18-9-6-12-30-18/h3-9,12,20,22H,10-11,13-14H2,1-2H3,(H,24,27). The van der Waals surface area contributed by atoms with E-state index < -0.39 is 11.9 Å². The number of allylic oxidation sites excluding steroid dienone is 1. The molecule has 1 aromatic heterocycles. The van der Waals surface area contributed by atoms with Gasteiger partial charge in [-0.15, -0.1) is 11.8 Å². The van der Waals surface area contributed by atoms with Crippen LogP contribution >= 0.6 is 11.8 Å². The number of furan rings is 1. The molecule has 0 radical (unpaired) electrons. The van der Waals surface area contributed by atoms with Gasteiger partial charge in [-0.1, -0.05) is 30.3 Å². The predicted octanol–water partition coefficient (Wildman–Crippen LogP) is 3.39. The number of thioether (sulfide) groups is 1. The van der Waals surface area contributed by atoms with Crippen LogP contribution in [0.15, 0.2) is 63.6 Å². The van der Waals surface area contributed by atoms with Crippen molar-refractivity contribution in [1.29, 1.82) is 0 Å². The first-order valence-corrected chi connectivity index (χ1v) is 11.1. The maximum atomic E-state index is 13.3. The van der Waals surface area contributed by atoms with Gasteiger partial charge in [-0.2, -0.15) is 0 Å². The van der Waals surface area contributed by atoms with Crippen LogP contribution in [-0.4, -0.2) is 46.1 Å². The molecule has 31 heavy (non-hydrogen) atoms. The van der Waals surface area contributed by atoms with Gasteiger partial charge < -0.3 is 14.6 Å². The molecule has 0 aliphatic carbocycles. The highest BCUT2D eigenvalue weighted by Crippen LogP contribution is 2.46. The van der Waals surface area contributed by atoms with Crippen LogP contribution in [0.4, 0.5) is 4.79 Å². The normalized spacial score (nSPS) is 21.0. The maximum absolute atomic E-state index is 13.3. The predicted molar refractivity (Wildman–Crippen MR) is 118 cm³/mol. The van der Waals surface area contributed by atoms with Gasteiger partial charge in [0.1, 0.15) is 12.3 Å². The monoisotopic (exact) mass is 439 g/mol. The van der Waals surface area contributed by atoms with Crippen molar-refractivity contribution in [3.63, 3.8) is 0 Å². The number of hydrogen-bond donors (Lipinski definition) is 1. The Morgan fingerprint density at radius 3 is 2.61 bits per heavy atom. The summed E-state index contributed by atoms with van der Waals surface area (Å²) in [7, 11) is 0. The lowest BCUT2D eigenvalue weighted by Crippen LogP contribution is -2.61. The second-order valence-corrected chi connectivity index (χ2v) is 9.05. The van der Waals surface area contributed by atoms with E-state index in [1.807, 2.05) is 44.2 Å². The zero-order valence-corrected chi connectivity index (χ0v) is 18.4. The van der Waals surface area contributed by atoms with Gasteiger partial charge in [-0.25, -0.2) is 4.79 Å². The average molecular weight is 440 g/mol. The molecule has 7 nitrogen and oxygen atoms in total. The zero-order valence-electron chi connectivity index (χ0n) is 17.5. The Morgan fingerprint density at radius 1 is 1.13 bits per heavy atom. The fraction of sp³-hybridized carbons (Fsp3) is 0.348. The molecule has 2 aromatic rings. The van der Waals surface area contributed by atoms with Crippen LogP contribution in [0.25, 0.3) is 0 Å². The molecule has 162 valence electrons. The van der Waals surface area contributed by atoms with E-state index in [2.05, 4.69) is 5.32 Å². The number of urea groups is 1. The molecule has 8 heteroatoms. The lowest BCUT2D eigenvalue weighted by molar-refractivity contribution is -0.136. The van der Waals surface area contributed by atoms with Crippen molar-refractivity contribution in [3.05, 3.63) is 70.5 Å². The van der Waals surface area contributed by atoms with Gasteiger partial charge in [0, 0.05) is 6.54 Å². The minimum absolute atomic E-state index is 0.108. The molecule has 0 bridgehead atoms. The summed E-state index contributed by atoms with van der Waals surface area (Å²) in [6.07, 6.45) is 2.12. The van der Waals surface area contributed by atoms with E-state index in [1.165, 1.54) is 21.6 Å². The molecule has 4 amide bonds.